The molecule has 0 radical (unpaired) electrons. The van der Waals surface area contributed by atoms with Crippen LogP contribution in [-0.2, 0) is 4.74 Å². The van der Waals surface area contributed by atoms with Crippen LogP contribution in [0, 0.1) is 0 Å². The van der Waals surface area contributed by atoms with Crippen molar-refractivity contribution < 1.29 is 14.6 Å². The van der Waals surface area contributed by atoms with Gasteiger partial charge in [0, 0.05) is 19.8 Å². The zero-order chi connectivity index (χ0) is 14.4. The Morgan fingerprint density at radius 3 is 2.74 bits per heavy atom. The van der Waals surface area contributed by atoms with Crippen LogP contribution in [0.15, 0.2) is 24.3 Å². The number of aliphatic hydroxyl groups is 1. The van der Waals surface area contributed by atoms with Gasteiger partial charge in [-0.15, -0.1) is 0 Å². The molecular formula is C14H22N2O3. The van der Waals surface area contributed by atoms with Crippen LogP contribution in [0.25, 0.3) is 0 Å². The molecular weight excluding hydrogens is 244 g/mol. The fraction of sp³-hybridized carbons (Fsp3) is 0.500. The third-order valence-electron chi connectivity index (χ3n) is 3.01. The van der Waals surface area contributed by atoms with E-state index in [0.29, 0.717) is 12.3 Å². The minimum Gasteiger partial charge on any atom is -0.389 e. The van der Waals surface area contributed by atoms with Crippen molar-refractivity contribution in [3.05, 3.63) is 29.8 Å². The second kappa shape index (κ2) is 7.11. The lowest BCUT2D eigenvalue weighted by molar-refractivity contribution is 0.128. The van der Waals surface area contributed by atoms with Crippen LogP contribution >= 0.6 is 0 Å². The Morgan fingerprint density at radius 1 is 1.47 bits per heavy atom. The molecule has 2 atom stereocenters. The van der Waals surface area contributed by atoms with Gasteiger partial charge in [0.2, 0.25) is 0 Å². The zero-order valence-corrected chi connectivity index (χ0v) is 11.9. The molecule has 0 heterocycles. The summed E-state index contributed by atoms with van der Waals surface area (Å²) in [5.41, 5.74) is 1.44. The van der Waals surface area contributed by atoms with E-state index in [1.54, 1.807) is 44.2 Å². The Morgan fingerprint density at radius 2 is 2.16 bits per heavy atom. The molecule has 2 unspecified atom stereocenters. The van der Waals surface area contributed by atoms with E-state index in [9.17, 15) is 9.90 Å². The first kappa shape index (κ1) is 15.5. The highest BCUT2D eigenvalue weighted by molar-refractivity contribution is 5.89. The standard InChI is InChI=1S/C14H22N2O3/c1-10(9-19-4)16(3)14(18)15-13-7-5-6-12(8-13)11(2)17/h5-8,10-11,17H,9H2,1-4H3,(H,15,18). The topological polar surface area (TPSA) is 61.8 Å². The molecule has 1 aromatic rings. The summed E-state index contributed by atoms with van der Waals surface area (Å²) in [6, 6.07) is 6.96. The summed E-state index contributed by atoms with van der Waals surface area (Å²) in [5, 5.41) is 12.3. The highest BCUT2D eigenvalue weighted by Crippen LogP contribution is 2.17. The van der Waals surface area contributed by atoms with Gasteiger partial charge in [0.05, 0.1) is 18.8 Å². The molecule has 0 spiro atoms. The van der Waals surface area contributed by atoms with Gasteiger partial charge in [0.1, 0.15) is 0 Å². The van der Waals surface area contributed by atoms with Crippen molar-refractivity contribution in [1.82, 2.24) is 4.90 Å². The second-order valence-corrected chi connectivity index (χ2v) is 4.65. The molecule has 0 saturated carbocycles. The van der Waals surface area contributed by atoms with Crippen molar-refractivity contribution in [2.24, 2.45) is 0 Å². The van der Waals surface area contributed by atoms with Gasteiger partial charge < -0.3 is 20.1 Å². The Kier molecular flexibility index (Phi) is 5.79. The minimum atomic E-state index is -0.554. The molecule has 0 aliphatic heterocycles. The van der Waals surface area contributed by atoms with Gasteiger partial charge in [-0.05, 0) is 31.5 Å². The van der Waals surface area contributed by atoms with Crippen LogP contribution in [0.2, 0.25) is 0 Å². The number of carbonyl (C=O) groups is 1. The van der Waals surface area contributed by atoms with Crippen LogP contribution in [-0.4, -0.2) is 42.8 Å². The van der Waals surface area contributed by atoms with E-state index in [1.165, 1.54) is 0 Å². The third-order valence-corrected chi connectivity index (χ3v) is 3.01. The van der Waals surface area contributed by atoms with E-state index in [4.69, 9.17) is 4.74 Å². The minimum absolute atomic E-state index is 0.00931. The molecule has 5 nitrogen and oxygen atoms in total. The lowest BCUT2D eigenvalue weighted by atomic mass is 10.1. The molecule has 2 N–H and O–H groups in total. The van der Waals surface area contributed by atoms with Gasteiger partial charge in [0.15, 0.2) is 0 Å². The Labute approximate surface area is 114 Å². The van der Waals surface area contributed by atoms with Crippen LogP contribution in [0.5, 0.6) is 0 Å². The van der Waals surface area contributed by atoms with Crippen molar-refractivity contribution >= 4 is 11.7 Å². The van der Waals surface area contributed by atoms with Gasteiger partial charge >= 0.3 is 6.03 Å². The maximum Gasteiger partial charge on any atom is 0.321 e. The van der Waals surface area contributed by atoms with Crippen molar-refractivity contribution in [1.29, 1.82) is 0 Å². The number of urea groups is 1. The van der Waals surface area contributed by atoms with Gasteiger partial charge in [-0.3, -0.25) is 0 Å². The molecule has 2 amide bonds. The molecule has 0 saturated heterocycles. The number of anilines is 1. The summed E-state index contributed by atoms with van der Waals surface area (Å²) in [5.74, 6) is 0. The lowest BCUT2D eigenvalue weighted by Crippen LogP contribution is -2.40. The number of hydrogen-bond acceptors (Lipinski definition) is 3. The number of rotatable bonds is 5. The predicted molar refractivity (Wildman–Crippen MR) is 75.2 cm³/mol. The average Bonchev–Trinajstić information content (AvgIpc) is 2.38. The van der Waals surface area contributed by atoms with Crippen LogP contribution < -0.4 is 5.32 Å². The van der Waals surface area contributed by atoms with Crippen molar-refractivity contribution in [3.8, 4) is 0 Å². The van der Waals surface area contributed by atoms with E-state index in [2.05, 4.69) is 5.32 Å². The normalized spacial score (nSPS) is 13.7. The summed E-state index contributed by atoms with van der Waals surface area (Å²) in [4.78, 5) is 13.6. The fourth-order valence-electron chi connectivity index (χ4n) is 1.64. The quantitative estimate of drug-likeness (QED) is 0.859. The number of benzene rings is 1. The van der Waals surface area contributed by atoms with Gasteiger partial charge in [0.25, 0.3) is 0 Å². The first-order valence-electron chi connectivity index (χ1n) is 6.26. The van der Waals surface area contributed by atoms with Gasteiger partial charge in [-0.2, -0.15) is 0 Å². The number of amides is 2. The van der Waals surface area contributed by atoms with Crippen LogP contribution in [0.3, 0.4) is 0 Å². The fourth-order valence-corrected chi connectivity index (χ4v) is 1.64. The molecule has 0 aliphatic carbocycles. The molecule has 0 aromatic heterocycles. The first-order valence-corrected chi connectivity index (χ1v) is 6.26. The summed E-state index contributed by atoms with van der Waals surface area (Å²) < 4.78 is 5.02. The average molecular weight is 266 g/mol. The number of nitrogens with one attached hydrogen (secondary N) is 1. The predicted octanol–water partition coefficient (Wildman–Crippen LogP) is 2.24. The zero-order valence-electron chi connectivity index (χ0n) is 11.9. The van der Waals surface area contributed by atoms with Crippen LogP contribution in [0.1, 0.15) is 25.5 Å². The third kappa shape index (κ3) is 4.54. The number of aliphatic hydroxyl groups excluding tert-OH is 1. The largest absolute Gasteiger partial charge is 0.389 e. The monoisotopic (exact) mass is 266 g/mol. The molecule has 0 bridgehead atoms. The number of nitrogens with zero attached hydrogens (tertiary/aromatic N) is 1. The lowest BCUT2D eigenvalue weighted by Gasteiger charge is -2.24. The highest BCUT2D eigenvalue weighted by atomic mass is 16.5. The Balaban J connectivity index is 2.68. The number of methoxy groups -OCH3 is 1. The summed E-state index contributed by atoms with van der Waals surface area (Å²) in [6.07, 6.45) is -0.554. The van der Waals surface area contributed by atoms with Gasteiger partial charge in [-0.1, -0.05) is 12.1 Å². The molecule has 5 heteroatoms. The number of hydrogen-bond donors (Lipinski definition) is 2. The molecule has 106 valence electrons. The molecule has 0 aliphatic rings. The molecule has 1 rings (SSSR count). The van der Waals surface area contributed by atoms with E-state index >= 15 is 0 Å². The van der Waals surface area contributed by atoms with E-state index < -0.39 is 6.10 Å². The summed E-state index contributed by atoms with van der Waals surface area (Å²) in [6.45, 7) is 4.08. The molecule has 19 heavy (non-hydrogen) atoms. The maximum absolute atomic E-state index is 12.0. The summed E-state index contributed by atoms with van der Waals surface area (Å²) in [7, 11) is 3.33. The smallest absolute Gasteiger partial charge is 0.321 e. The molecule has 1 aromatic carbocycles. The van der Waals surface area contributed by atoms with E-state index in [0.717, 1.165) is 5.56 Å². The highest BCUT2D eigenvalue weighted by Gasteiger charge is 2.15. The van der Waals surface area contributed by atoms with Crippen molar-refractivity contribution in [2.45, 2.75) is 26.0 Å². The van der Waals surface area contributed by atoms with E-state index in [1.807, 2.05) is 13.0 Å². The number of ether oxygens (including phenoxy) is 1. The van der Waals surface area contributed by atoms with Crippen molar-refractivity contribution in [2.75, 3.05) is 26.1 Å². The maximum atomic E-state index is 12.0. The Hall–Kier alpha value is -1.59. The van der Waals surface area contributed by atoms with Crippen LogP contribution in [0.4, 0.5) is 10.5 Å². The molecule has 0 fully saturated rings. The summed E-state index contributed by atoms with van der Waals surface area (Å²) >= 11 is 0. The second-order valence-electron chi connectivity index (χ2n) is 4.65. The van der Waals surface area contributed by atoms with Crippen molar-refractivity contribution in [3.63, 3.8) is 0 Å². The number of likely N-dealkylation sites (N-methyl/N-ethyl adjacent to an activating group) is 1. The Bertz CT molecular complexity index is 421. The first-order chi connectivity index (χ1) is 8.95. The SMILES string of the molecule is COCC(C)N(C)C(=O)Nc1cccc(C(C)O)c1. The van der Waals surface area contributed by atoms with Gasteiger partial charge in [-0.25, -0.2) is 4.79 Å². The number of carbonyl (C=O) groups excluding carboxylic acids is 1. The van der Waals surface area contributed by atoms with E-state index in [-0.39, 0.29) is 12.1 Å².